The average molecular weight is 549 g/mol. The molecule has 2 heterocycles. The molecule has 3 aromatic rings. The highest BCUT2D eigenvalue weighted by molar-refractivity contribution is 7.90. The average Bonchev–Trinajstić information content (AvgIpc) is 3.33. The summed E-state index contributed by atoms with van der Waals surface area (Å²) >= 11 is 1.43. The van der Waals surface area contributed by atoms with Crippen LogP contribution >= 0.6 is 11.3 Å². The summed E-state index contributed by atoms with van der Waals surface area (Å²) in [7, 11) is -3.34. The summed E-state index contributed by atoms with van der Waals surface area (Å²) < 4.78 is 52.7. The van der Waals surface area contributed by atoms with Crippen LogP contribution in [0.1, 0.15) is 40.1 Å². The van der Waals surface area contributed by atoms with Crippen molar-refractivity contribution in [1.29, 1.82) is 0 Å². The minimum Gasteiger partial charge on any atom is -0.390 e. The van der Waals surface area contributed by atoms with Crippen molar-refractivity contribution in [1.82, 2.24) is 10.6 Å². The summed E-state index contributed by atoms with van der Waals surface area (Å²) in [4.78, 5) is 13.6. The number of benzene rings is 2. The number of hydrogen-bond donors (Lipinski definition) is 3. The second kappa shape index (κ2) is 11.8. The molecule has 4 rings (SSSR count). The third-order valence-corrected chi connectivity index (χ3v) is 8.94. The van der Waals surface area contributed by atoms with Gasteiger partial charge in [-0.2, -0.15) is 0 Å². The highest BCUT2D eigenvalue weighted by Crippen LogP contribution is 2.29. The fourth-order valence-electron chi connectivity index (χ4n) is 4.63. The SMILES string of the molecule is CCc1ccc2c(c1)[C@@H](NC[C@@H](O)[C@H](Cc1cc(F)cc(F)c1)NC(=O)Cc1cccs1)CS(=O)(=O)C2. The lowest BCUT2D eigenvalue weighted by molar-refractivity contribution is -0.121. The normalized spacial score (nSPS) is 18.1. The first kappa shape index (κ1) is 27.4. The molecule has 0 bridgehead atoms. The fraction of sp³-hybridized carbons (Fsp3) is 0.370. The number of aliphatic hydroxyl groups is 1. The Morgan fingerprint density at radius 1 is 1.14 bits per heavy atom. The minimum absolute atomic E-state index is 0.00670. The van der Waals surface area contributed by atoms with Crippen molar-refractivity contribution >= 4 is 27.1 Å². The zero-order valence-electron chi connectivity index (χ0n) is 20.4. The number of aryl methyl sites for hydroxylation is 1. The smallest absolute Gasteiger partial charge is 0.225 e. The van der Waals surface area contributed by atoms with Crippen LogP contribution in [0, 0.1) is 11.6 Å². The van der Waals surface area contributed by atoms with E-state index in [-0.39, 0.29) is 42.4 Å². The summed E-state index contributed by atoms with van der Waals surface area (Å²) in [6.07, 6.45) is -0.244. The molecule has 2 aromatic carbocycles. The fourth-order valence-corrected chi connectivity index (χ4v) is 6.99. The van der Waals surface area contributed by atoms with Gasteiger partial charge < -0.3 is 15.7 Å². The van der Waals surface area contributed by atoms with Gasteiger partial charge in [0, 0.05) is 23.5 Å². The number of carbonyl (C=O) groups is 1. The van der Waals surface area contributed by atoms with Gasteiger partial charge in [0.25, 0.3) is 0 Å². The molecule has 0 radical (unpaired) electrons. The quantitative estimate of drug-likeness (QED) is 0.361. The van der Waals surface area contributed by atoms with E-state index in [0.29, 0.717) is 0 Å². The number of halogens is 2. The zero-order chi connectivity index (χ0) is 26.6. The molecule has 10 heteroatoms. The van der Waals surface area contributed by atoms with Crippen LogP contribution in [0.4, 0.5) is 8.78 Å². The van der Waals surface area contributed by atoms with Crippen LogP contribution < -0.4 is 10.6 Å². The second-order valence-corrected chi connectivity index (χ2v) is 12.5. The van der Waals surface area contributed by atoms with Gasteiger partial charge in [-0.25, -0.2) is 17.2 Å². The largest absolute Gasteiger partial charge is 0.390 e. The van der Waals surface area contributed by atoms with Crippen molar-refractivity contribution < 1.29 is 27.1 Å². The van der Waals surface area contributed by atoms with Crippen LogP contribution in [0.25, 0.3) is 0 Å². The van der Waals surface area contributed by atoms with Crippen molar-refractivity contribution in [2.24, 2.45) is 0 Å². The van der Waals surface area contributed by atoms with Gasteiger partial charge in [-0.1, -0.05) is 31.2 Å². The molecule has 0 aliphatic carbocycles. The molecular formula is C27H30F2N2O4S2. The first-order chi connectivity index (χ1) is 17.6. The monoisotopic (exact) mass is 548 g/mol. The van der Waals surface area contributed by atoms with Gasteiger partial charge in [0.1, 0.15) is 11.6 Å². The molecule has 3 atom stereocenters. The number of nitrogens with one attached hydrogen (secondary N) is 2. The third-order valence-electron chi connectivity index (χ3n) is 6.47. The Kier molecular flexibility index (Phi) is 8.74. The molecular weight excluding hydrogens is 518 g/mol. The van der Waals surface area contributed by atoms with Gasteiger partial charge in [-0.3, -0.25) is 4.79 Å². The molecule has 0 saturated carbocycles. The number of amides is 1. The van der Waals surface area contributed by atoms with Crippen LogP contribution in [-0.2, 0) is 39.6 Å². The number of rotatable bonds is 10. The van der Waals surface area contributed by atoms with Crippen LogP contribution in [0.5, 0.6) is 0 Å². The predicted molar refractivity (Wildman–Crippen MR) is 140 cm³/mol. The number of fused-ring (bicyclic) bond motifs is 1. The molecule has 0 unspecified atom stereocenters. The van der Waals surface area contributed by atoms with Crippen molar-refractivity contribution in [2.75, 3.05) is 12.3 Å². The van der Waals surface area contributed by atoms with Gasteiger partial charge in [0.2, 0.25) is 5.91 Å². The minimum atomic E-state index is -3.34. The molecule has 0 fully saturated rings. The van der Waals surface area contributed by atoms with Gasteiger partial charge in [-0.05, 0) is 58.7 Å². The first-order valence-electron chi connectivity index (χ1n) is 12.1. The Morgan fingerprint density at radius 3 is 2.57 bits per heavy atom. The summed E-state index contributed by atoms with van der Waals surface area (Å²) in [5.41, 5.74) is 2.98. The van der Waals surface area contributed by atoms with E-state index in [2.05, 4.69) is 10.6 Å². The van der Waals surface area contributed by atoms with Gasteiger partial charge >= 0.3 is 0 Å². The van der Waals surface area contributed by atoms with E-state index in [9.17, 15) is 27.1 Å². The van der Waals surface area contributed by atoms with Crippen LogP contribution in [0.3, 0.4) is 0 Å². The van der Waals surface area contributed by atoms with Gasteiger partial charge in [-0.15, -0.1) is 11.3 Å². The maximum absolute atomic E-state index is 13.8. The lowest BCUT2D eigenvalue weighted by atomic mass is 9.97. The number of hydrogen-bond acceptors (Lipinski definition) is 6. The summed E-state index contributed by atoms with van der Waals surface area (Å²) in [6.45, 7) is 1.99. The van der Waals surface area contributed by atoms with E-state index in [4.69, 9.17) is 0 Å². The van der Waals surface area contributed by atoms with E-state index in [0.717, 1.165) is 46.2 Å². The summed E-state index contributed by atoms with van der Waals surface area (Å²) in [5, 5.41) is 18.9. The van der Waals surface area contributed by atoms with Crippen molar-refractivity contribution in [3.8, 4) is 0 Å². The Bertz CT molecular complexity index is 1330. The van der Waals surface area contributed by atoms with Crippen molar-refractivity contribution in [2.45, 2.75) is 50.1 Å². The Labute approximate surface area is 219 Å². The highest BCUT2D eigenvalue weighted by atomic mass is 32.2. The van der Waals surface area contributed by atoms with Crippen molar-refractivity contribution in [3.05, 3.63) is 92.7 Å². The van der Waals surface area contributed by atoms with E-state index >= 15 is 0 Å². The Hall–Kier alpha value is -2.66. The van der Waals surface area contributed by atoms with Crippen LogP contribution in [0.15, 0.2) is 53.9 Å². The highest BCUT2D eigenvalue weighted by Gasteiger charge is 2.31. The molecule has 1 amide bonds. The number of thiophene rings is 1. The standard InChI is InChI=1S/C27H30F2N2O4S2/c1-2-17-5-6-19-15-37(34,35)16-25(23(19)10-17)30-14-26(32)24(11-18-8-20(28)12-21(29)9-18)31-27(33)13-22-4-3-7-36-22/h3-10,12,24-26,30,32H,2,11,13-16H2,1H3,(H,31,33)/t24-,25-,26+/m0/s1. The number of sulfone groups is 1. The third kappa shape index (κ3) is 7.44. The van der Waals surface area contributed by atoms with E-state index in [1.165, 1.54) is 11.3 Å². The number of aliphatic hydroxyl groups excluding tert-OH is 1. The van der Waals surface area contributed by atoms with E-state index < -0.39 is 39.7 Å². The molecule has 37 heavy (non-hydrogen) atoms. The molecule has 1 aliphatic rings. The van der Waals surface area contributed by atoms with Crippen LogP contribution in [-0.4, -0.2) is 43.9 Å². The maximum atomic E-state index is 13.8. The predicted octanol–water partition coefficient (Wildman–Crippen LogP) is 3.48. The first-order valence-corrected chi connectivity index (χ1v) is 14.8. The summed E-state index contributed by atoms with van der Waals surface area (Å²) in [5.74, 6) is -1.96. The lowest BCUT2D eigenvalue weighted by Gasteiger charge is -2.30. The molecule has 0 spiro atoms. The lowest BCUT2D eigenvalue weighted by Crippen LogP contribution is -2.50. The molecule has 3 N–H and O–H groups in total. The van der Waals surface area contributed by atoms with Gasteiger partial charge in [0.15, 0.2) is 9.84 Å². The molecule has 1 aromatic heterocycles. The van der Waals surface area contributed by atoms with E-state index in [1.54, 1.807) is 0 Å². The number of carbonyl (C=O) groups excluding carboxylic acids is 1. The maximum Gasteiger partial charge on any atom is 0.225 e. The van der Waals surface area contributed by atoms with Crippen LogP contribution in [0.2, 0.25) is 0 Å². The molecule has 0 saturated heterocycles. The van der Waals surface area contributed by atoms with Crippen molar-refractivity contribution in [3.63, 3.8) is 0 Å². The van der Waals surface area contributed by atoms with Gasteiger partial charge in [0.05, 0.1) is 30.1 Å². The topological polar surface area (TPSA) is 95.5 Å². The van der Waals surface area contributed by atoms with E-state index in [1.807, 2.05) is 42.6 Å². The Morgan fingerprint density at radius 2 is 1.89 bits per heavy atom. The Balaban J connectivity index is 1.51. The zero-order valence-corrected chi connectivity index (χ0v) is 22.0. The second-order valence-electron chi connectivity index (χ2n) is 9.38. The molecule has 6 nitrogen and oxygen atoms in total. The summed E-state index contributed by atoms with van der Waals surface area (Å²) in [6, 6.07) is 11.1. The molecule has 1 aliphatic heterocycles. The molecule has 198 valence electrons.